The van der Waals surface area contributed by atoms with E-state index in [0.717, 1.165) is 46.8 Å². The number of thioether (sulfide) groups is 1. The van der Waals surface area contributed by atoms with Crippen LogP contribution in [0.2, 0.25) is 0 Å². The first-order chi connectivity index (χ1) is 15.4. The number of aryl methyl sites for hydroxylation is 1. The molecule has 170 valence electrons. The first-order valence-corrected chi connectivity index (χ1v) is 12.1. The van der Waals surface area contributed by atoms with Crippen LogP contribution in [0.25, 0.3) is 0 Å². The van der Waals surface area contributed by atoms with Crippen molar-refractivity contribution in [1.29, 1.82) is 0 Å². The van der Waals surface area contributed by atoms with Crippen LogP contribution in [0.4, 0.5) is 11.6 Å². The molecule has 2 unspecified atom stereocenters. The molecule has 8 heteroatoms. The molecule has 1 aliphatic heterocycles. The van der Waals surface area contributed by atoms with E-state index in [-0.39, 0.29) is 11.7 Å². The monoisotopic (exact) mass is 453 g/mol. The van der Waals surface area contributed by atoms with Gasteiger partial charge in [-0.05, 0) is 61.4 Å². The molecule has 2 atom stereocenters. The lowest BCUT2D eigenvalue weighted by molar-refractivity contribution is -0.113. The van der Waals surface area contributed by atoms with Crippen molar-refractivity contribution in [2.24, 2.45) is 11.8 Å². The maximum absolute atomic E-state index is 12.7. The van der Waals surface area contributed by atoms with Gasteiger partial charge in [-0.1, -0.05) is 37.7 Å². The Morgan fingerprint density at radius 3 is 2.66 bits per heavy atom. The number of amides is 1. The molecule has 0 aliphatic carbocycles. The number of hydrogen-bond acceptors (Lipinski definition) is 6. The van der Waals surface area contributed by atoms with Gasteiger partial charge in [0, 0.05) is 18.8 Å². The lowest BCUT2D eigenvalue weighted by Crippen LogP contribution is -2.40. The van der Waals surface area contributed by atoms with Crippen LogP contribution in [0.3, 0.4) is 0 Å². The Balaban J connectivity index is 1.50. The molecule has 1 aliphatic rings. The number of furan rings is 1. The Bertz CT molecular complexity index is 1050. The van der Waals surface area contributed by atoms with Crippen molar-refractivity contribution in [2.45, 2.75) is 45.8 Å². The molecular weight excluding hydrogens is 422 g/mol. The highest BCUT2D eigenvalue weighted by molar-refractivity contribution is 7.99. The lowest BCUT2D eigenvalue weighted by atomic mass is 9.92. The van der Waals surface area contributed by atoms with Crippen LogP contribution in [-0.2, 0) is 11.3 Å². The number of piperidine rings is 1. The molecule has 1 aromatic carbocycles. The van der Waals surface area contributed by atoms with E-state index in [4.69, 9.17) is 4.42 Å². The van der Waals surface area contributed by atoms with Crippen molar-refractivity contribution < 1.29 is 9.21 Å². The van der Waals surface area contributed by atoms with Gasteiger partial charge in [0.25, 0.3) is 0 Å². The normalized spacial score (nSPS) is 18.7. The predicted octanol–water partition coefficient (Wildman–Crippen LogP) is 4.75. The number of carbonyl (C=O) groups excluding carboxylic acids is 1. The first kappa shape index (κ1) is 22.5. The van der Waals surface area contributed by atoms with Crippen LogP contribution in [0.1, 0.15) is 37.2 Å². The number of nitrogens with zero attached hydrogens (tertiary/aromatic N) is 4. The van der Waals surface area contributed by atoms with Crippen molar-refractivity contribution in [3.63, 3.8) is 0 Å². The smallest absolute Gasteiger partial charge is 0.234 e. The van der Waals surface area contributed by atoms with Crippen molar-refractivity contribution >= 4 is 29.3 Å². The van der Waals surface area contributed by atoms with Gasteiger partial charge in [-0.2, -0.15) is 0 Å². The highest BCUT2D eigenvalue weighted by Gasteiger charge is 2.27. The first-order valence-electron chi connectivity index (χ1n) is 11.1. The molecular formula is C24H31N5O2S. The summed E-state index contributed by atoms with van der Waals surface area (Å²) in [5.74, 6) is 3.09. The Kier molecular flexibility index (Phi) is 6.89. The largest absolute Gasteiger partial charge is 0.467 e. The summed E-state index contributed by atoms with van der Waals surface area (Å²) in [7, 11) is 0. The maximum Gasteiger partial charge on any atom is 0.234 e. The molecule has 0 spiro atoms. The van der Waals surface area contributed by atoms with Crippen LogP contribution >= 0.6 is 11.8 Å². The number of rotatable bonds is 7. The Labute approximate surface area is 193 Å². The summed E-state index contributed by atoms with van der Waals surface area (Å²) in [5, 5.41) is 12.7. The van der Waals surface area contributed by atoms with E-state index in [0.29, 0.717) is 18.4 Å². The van der Waals surface area contributed by atoms with E-state index in [1.807, 2.05) is 44.2 Å². The van der Waals surface area contributed by atoms with Crippen LogP contribution in [0.5, 0.6) is 0 Å². The van der Waals surface area contributed by atoms with Gasteiger partial charge in [0.2, 0.25) is 11.9 Å². The quantitative estimate of drug-likeness (QED) is 0.520. The molecule has 1 amide bonds. The van der Waals surface area contributed by atoms with Crippen molar-refractivity contribution in [1.82, 2.24) is 14.8 Å². The average molecular weight is 454 g/mol. The molecule has 0 radical (unpaired) electrons. The summed E-state index contributed by atoms with van der Waals surface area (Å²) in [5.41, 5.74) is 3.09. The number of benzene rings is 1. The summed E-state index contributed by atoms with van der Waals surface area (Å²) in [6.07, 6.45) is 2.90. The zero-order valence-electron chi connectivity index (χ0n) is 19.2. The molecule has 3 heterocycles. The van der Waals surface area contributed by atoms with E-state index in [9.17, 15) is 4.79 Å². The minimum absolute atomic E-state index is 0.0574. The molecule has 1 N–H and O–H groups in total. The zero-order chi connectivity index (χ0) is 22.7. The Morgan fingerprint density at radius 2 is 1.94 bits per heavy atom. The van der Waals surface area contributed by atoms with Crippen LogP contribution in [0, 0.1) is 25.7 Å². The topological polar surface area (TPSA) is 76.2 Å². The van der Waals surface area contributed by atoms with E-state index in [1.54, 1.807) is 6.26 Å². The second kappa shape index (κ2) is 9.81. The second-order valence-corrected chi connectivity index (χ2v) is 9.83. The number of carbonyl (C=O) groups is 1. The highest BCUT2D eigenvalue weighted by atomic mass is 32.2. The minimum atomic E-state index is -0.0574. The van der Waals surface area contributed by atoms with E-state index in [1.165, 1.54) is 18.2 Å². The molecule has 4 rings (SSSR count). The van der Waals surface area contributed by atoms with Crippen molar-refractivity contribution in [2.75, 3.05) is 29.1 Å². The molecule has 7 nitrogen and oxygen atoms in total. The third-order valence-corrected chi connectivity index (χ3v) is 6.92. The van der Waals surface area contributed by atoms with Gasteiger partial charge in [-0.15, -0.1) is 10.2 Å². The number of aromatic nitrogens is 3. The number of anilines is 2. The molecule has 2 aromatic heterocycles. The zero-order valence-corrected chi connectivity index (χ0v) is 20.0. The van der Waals surface area contributed by atoms with Gasteiger partial charge in [0.05, 0.1) is 18.6 Å². The SMILES string of the molecule is Cc1cccc(NC(=O)CSc2nnc(N3CC(C)CC(C)C3)n2Cc2ccco2)c1C. The summed E-state index contributed by atoms with van der Waals surface area (Å²) in [6.45, 7) is 11.1. The molecule has 1 fully saturated rings. The third kappa shape index (κ3) is 5.18. The average Bonchev–Trinajstić information content (AvgIpc) is 3.40. The van der Waals surface area contributed by atoms with Gasteiger partial charge >= 0.3 is 0 Å². The molecule has 0 bridgehead atoms. The molecule has 0 saturated carbocycles. The van der Waals surface area contributed by atoms with Gasteiger partial charge in [-0.25, -0.2) is 0 Å². The van der Waals surface area contributed by atoms with Crippen LogP contribution in [0.15, 0.2) is 46.2 Å². The third-order valence-electron chi connectivity index (χ3n) is 5.95. The molecule has 3 aromatic rings. The number of hydrogen-bond donors (Lipinski definition) is 1. The van der Waals surface area contributed by atoms with Crippen LogP contribution in [-0.4, -0.2) is 39.5 Å². The Morgan fingerprint density at radius 1 is 1.16 bits per heavy atom. The van der Waals surface area contributed by atoms with Gasteiger partial charge in [0.1, 0.15) is 5.76 Å². The summed E-state index contributed by atoms with van der Waals surface area (Å²) >= 11 is 1.40. The maximum atomic E-state index is 12.7. The van der Waals surface area contributed by atoms with Gasteiger partial charge < -0.3 is 14.6 Å². The van der Waals surface area contributed by atoms with E-state index in [2.05, 4.69) is 38.8 Å². The van der Waals surface area contributed by atoms with Gasteiger partial charge in [0.15, 0.2) is 5.16 Å². The van der Waals surface area contributed by atoms with Crippen molar-refractivity contribution in [3.05, 3.63) is 53.5 Å². The lowest BCUT2D eigenvalue weighted by Gasteiger charge is -2.35. The summed E-state index contributed by atoms with van der Waals surface area (Å²) < 4.78 is 7.66. The molecule has 32 heavy (non-hydrogen) atoms. The standard InChI is InChI=1S/C24H31N5O2S/c1-16-11-17(2)13-28(12-16)23-26-27-24(29(23)14-20-8-6-10-31-20)32-15-22(30)25-21-9-5-7-18(3)19(21)4/h5-10,16-17H,11-15H2,1-4H3,(H,25,30). The fraction of sp³-hybridized carbons (Fsp3) is 0.458. The fourth-order valence-electron chi connectivity index (χ4n) is 4.35. The van der Waals surface area contributed by atoms with E-state index < -0.39 is 0 Å². The fourth-order valence-corrected chi connectivity index (χ4v) is 5.08. The van der Waals surface area contributed by atoms with E-state index >= 15 is 0 Å². The Hall–Kier alpha value is -2.74. The van der Waals surface area contributed by atoms with Gasteiger partial charge in [-0.3, -0.25) is 9.36 Å². The summed E-state index contributed by atoms with van der Waals surface area (Å²) in [6, 6.07) is 9.77. The summed E-state index contributed by atoms with van der Waals surface area (Å²) in [4.78, 5) is 15.0. The van der Waals surface area contributed by atoms with Crippen LogP contribution < -0.4 is 10.2 Å². The predicted molar refractivity (Wildman–Crippen MR) is 128 cm³/mol. The number of nitrogens with one attached hydrogen (secondary N) is 1. The second-order valence-electron chi connectivity index (χ2n) is 8.88. The minimum Gasteiger partial charge on any atom is -0.467 e. The van der Waals surface area contributed by atoms with Crippen molar-refractivity contribution in [3.8, 4) is 0 Å². The highest BCUT2D eigenvalue weighted by Crippen LogP contribution is 2.29. The molecule has 1 saturated heterocycles.